The Kier molecular flexibility index (Phi) is 2.31. The molecule has 1 aliphatic rings. The SMILES string of the molecule is Cc1cc(F)cc2c1CC/C2=C/C(=O)O. The molecule has 0 atom stereocenters. The van der Waals surface area contributed by atoms with Crippen molar-refractivity contribution in [3.05, 3.63) is 40.7 Å². The molecule has 1 aliphatic carbocycles. The maximum atomic E-state index is 13.2. The molecule has 0 amide bonds. The summed E-state index contributed by atoms with van der Waals surface area (Å²) < 4.78 is 13.2. The Morgan fingerprint density at radius 2 is 2.20 bits per heavy atom. The Bertz CT molecular complexity index is 461. The van der Waals surface area contributed by atoms with Crippen molar-refractivity contribution in [2.45, 2.75) is 19.8 Å². The van der Waals surface area contributed by atoms with Crippen LogP contribution in [0.3, 0.4) is 0 Å². The Hall–Kier alpha value is -1.64. The molecule has 0 unspecified atom stereocenters. The molecule has 0 aromatic heterocycles. The van der Waals surface area contributed by atoms with Gasteiger partial charge in [0.1, 0.15) is 5.82 Å². The Morgan fingerprint density at radius 3 is 2.87 bits per heavy atom. The van der Waals surface area contributed by atoms with Gasteiger partial charge in [-0.3, -0.25) is 0 Å². The average molecular weight is 206 g/mol. The normalized spacial score (nSPS) is 16.8. The molecule has 0 bridgehead atoms. The highest BCUT2D eigenvalue weighted by Crippen LogP contribution is 2.34. The molecule has 0 saturated carbocycles. The highest BCUT2D eigenvalue weighted by atomic mass is 19.1. The van der Waals surface area contributed by atoms with Gasteiger partial charge in [0.15, 0.2) is 0 Å². The first-order valence-electron chi connectivity index (χ1n) is 4.81. The molecule has 2 nitrogen and oxygen atoms in total. The first-order chi connectivity index (χ1) is 7.08. The van der Waals surface area contributed by atoms with E-state index < -0.39 is 5.97 Å². The molecule has 0 fully saturated rings. The predicted octanol–water partition coefficient (Wildman–Crippen LogP) is 2.55. The molecule has 0 radical (unpaired) electrons. The zero-order chi connectivity index (χ0) is 11.0. The van der Waals surface area contributed by atoms with E-state index >= 15 is 0 Å². The number of rotatable bonds is 1. The summed E-state index contributed by atoms with van der Waals surface area (Å²) in [5.41, 5.74) is 3.46. The number of hydrogen-bond donors (Lipinski definition) is 1. The van der Waals surface area contributed by atoms with Crippen LogP contribution < -0.4 is 0 Å². The van der Waals surface area contributed by atoms with Crippen molar-refractivity contribution >= 4 is 11.5 Å². The van der Waals surface area contributed by atoms with Gasteiger partial charge in [-0.05, 0) is 54.2 Å². The van der Waals surface area contributed by atoms with Gasteiger partial charge in [-0.1, -0.05) is 0 Å². The molecule has 1 aromatic rings. The van der Waals surface area contributed by atoms with Gasteiger partial charge in [0.25, 0.3) is 0 Å². The van der Waals surface area contributed by atoms with E-state index in [0.717, 1.165) is 28.7 Å². The van der Waals surface area contributed by atoms with Crippen LogP contribution in [0.1, 0.15) is 23.1 Å². The molecule has 0 spiro atoms. The smallest absolute Gasteiger partial charge is 0.328 e. The fraction of sp³-hybridized carbons (Fsp3) is 0.250. The number of carbonyl (C=O) groups is 1. The minimum absolute atomic E-state index is 0.301. The van der Waals surface area contributed by atoms with Crippen LogP contribution in [-0.4, -0.2) is 11.1 Å². The number of aliphatic carboxylic acids is 1. The van der Waals surface area contributed by atoms with E-state index in [-0.39, 0.29) is 5.82 Å². The fourth-order valence-electron chi connectivity index (χ4n) is 2.08. The third-order valence-corrected chi connectivity index (χ3v) is 2.73. The fourth-order valence-corrected chi connectivity index (χ4v) is 2.08. The van der Waals surface area contributed by atoms with E-state index in [0.29, 0.717) is 6.42 Å². The Labute approximate surface area is 87.0 Å². The summed E-state index contributed by atoms with van der Waals surface area (Å²) in [7, 11) is 0. The van der Waals surface area contributed by atoms with E-state index in [1.54, 1.807) is 0 Å². The first kappa shape index (κ1) is 9.90. The molecule has 1 aromatic carbocycles. The first-order valence-corrected chi connectivity index (χ1v) is 4.81. The van der Waals surface area contributed by atoms with Gasteiger partial charge >= 0.3 is 5.97 Å². The summed E-state index contributed by atoms with van der Waals surface area (Å²) in [6, 6.07) is 2.91. The van der Waals surface area contributed by atoms with Crippen molar-refractivity contribution in [3.63, 3.8) is 0 Å². The molecule has 15 heavy (non-hydrogen) atoms. The Balaban J connectivity index is 2.55. The lowest BCUT2D eigenvalue weighted by atomic mass is 10.0. The van der Waals surface area contributed by atoms with Gasteiger partial charge in [-0.15, -0.1) is 0 Å². The van der Waals surface area contributed by atoms with Crippen LogP contribution in [0.25, 0.3) is 5.57 Å². The largest absolute Gasteiger partial charge is 0.478 e. The van der Waals surface area contributed by atoms with Crippen molar-refractivity contribution in [1.82, 2.24) is 0 Å². The van der Waals surface area contributed by atoms with Crippen molar-refractivity contribution in [2.24, 2.45) is 0 Å². The summed E-state index contributed by atoms with van der Waals surface area (Å²) in [6.45, 7) is 1.85. The second-order valence-electron chi connectivity index (χ2n) is 3.76. The molecule has 0 aliphatic heterocycles. The number of aryl methyl sites for hydroxylation is 1. The van der Waals surface area contributed by atoms with Crippen LogP contribution in [0.15, 0.2) is 18.2 Å². The number of halogens is 1. The number of benzene rings is 1. The number of carboxylic acids is 1. The highest BCUT2D eigenvalue weighted by molar-refractivity contribution is 5.91. The van der Waals surface area contributed by atoms with E-state index in [4.69, 9.17) is 5.11 Å². The topological polar surface area (TPSA) is 37.3 Å². The molecule has 3 heteroatoms. The molecule has 2 rings (SSSR count). The van der Waals surface area contributed by atoms with Gasteiger partial charge in [-0.25, -0.2) is 9.18 Å². The lowest BCUT2D eigenvalue weighted by Crippen LogP contribution is -1.92. The summed E-state index contributed by atoms with van der Waals surface area (Å²) >= 11 is 0. The van der Waals surface area contributed by atoms with Crippen LogP contribution >= 0.6 is 0 Å². The maximum Gasteiger partial charge on any atom is 0.328 e. The number of carboxylic acid groups (broad SMARTS) is 1. The molecular weight excluding hydrogens is 195 g/mol. The molecule has 78 valence electrons. The number of hydrogen-bond acceptors (Lipinski definition) is 1. The van der Waals surface area contributed by atoms with Crippen LogP contribution in [0, 0.1) is 12.7 Å². The average Bonchev–Trinajstić information content (AvgIpc) is 2.48. The standard InChI is InChI=1S/C12H11FO2/c1-7-4-9(13)6-11-8(5-12(14)15)2-3-10(7)11/h4-6H,2-3H2,1H3,(H,14,15)/b8-5-. The lowest BCUT2D eigenvalue weighted by molar-refractivity contribution is -0.131. The van der Waals surface area contributed by atoms with Gasteiger partial charge < -0.3 is 5.11 Å². The Morgan fingerprint density at radius 1 is 1.47 bits per heavy atom. The zero-order valence-electron chi connectivity index (χ0n) is 8.38. The lowest BCUT2D eigenvalue weighted by Gasteiger charge is -2.04. The van der Waals surface area contributed by atoms with Gasteiger partial charge in [0, 0.05) is 6.08 Å². The summed E-state index contributed by atoms with van der Waals surface area (Å²) in [5, 5.41) is 8.67. The zero-order valence-corrected chi connectivity index (χ0v) is 8.38. The van der Waals surface area contributed by atoms with Gasteiger partial charge in [0.2, 0.25) is 0 Å². The van der Waals surface area contributed by atoms with E-state index in [1.165, 1.54) is 18.2 Å². The minimum Gasteiger partial charge on any atom is -0.478 e. The second kappa shape index (κ2) is 3.50. The van der Waals surface area contributed by atoms with Gasteiger partial charge in [0.05, 0.1) is 0 Å². The quantitative estimate of drug-likeness (QED) is 0.717. The van der Waals surface area contributed by atoms with Crippen molar-refractivity contribution < 1.29 is 14.3 Å². The molecule has 0 saturated heterocycles. The number of allylic oxidation sites excluding steroid dienone is 1. The third-order valence-electron chi connectivity index (χ3n) is 2.73. The second-order valence-corrected chi connectivity index (χ2v) is 3.76. The third kappa shape index (κ3) is 1.77. The van der Waals surface area contributed by atoms with Crippen LogP contribution in [0.2, 0.25) is 0 Å². The van der Waals surface area contributed by atoms with Crippen molar-refractivity contribution in [2.75, 3.05) is 0 Å². The van der Waals surface area contributed by atoms with E-state index in [1.807, 2.05) is 6.92 Å². The summed E-state index contributed by atoms with van der Waals surface area (Å²) in [4.78, 5) is 10.6. The summed E-state index contributed by atoms with van der Waals surface area (Å²) in [6.07, 6.45) is 2.66. The molecule has 0 heterocycles. The van der Waals surface area contributed by atoms with Crippen LogP contribution in [0.5, 0.6) is 0 Å². The number of fused-ring (bicyclic) bond motifs is 1. The predicted molar refractivity (Wildman–Crippen MR) is 55.1 cm³/mol. The van der Waals surface area contributed by atoms with E-state index in [9.17, 15) is 9.18 Å². The molecule has 1 N–H and O–H groups in total. The highest BCUT2D eigenvalue weighted by Gasteiger charge is 2.19. The van der Waals surface area contributed by atoms with E-state index in [2.05, 4.69) is 0 Å². The summed E-state index contributed by atoms with van der Waals surface area (Å²) in [5.74, 6) is -1.27. The monoisotopic (exact) mass is 206 g/mol. The van der Waals surface area contributed by atoms with Gasteiger partial charge in [-0.2, -0.15) is 0 Å². The van der Waals surface area contributed by atoms with Crippen molar-refractivity contribution in [3.8, 4) is 0 Å². The van der Waals surface area contributed by atoms with Crippen molar-refractivity contribution in [1.29, 1.82) is 0 Å². The maximum absolute atomic E-state index is 13.2. The van der Waals surface area contributed by atoms with Crippen LogP contribution in [0.4, 0.5) is 4.39 Å². The van der Waals surface area contributed by atoms with Crippen LogP contribution in [-0.2, 0) is 11.2 Å². The minimum atomic E-state index is -0.972. The molecular formula is C12H11FO2.